The maximum Gasteiger partial charge on any atom is 0.272 e. The second-order valence-corrected chi connectivity index (χ2v) is 3.61. The Bertz CT molecular complexity index is 601. The Kier molecular flexibility index (Phi) is 3.01. The normalized spacial score (nSPS) is 11.8. The molecule has 2 aromatic rings. The molecule has 1 amide bonds. The molecule has 0 saturated carbocycles. The third-order valence-electron chi connectivity index (χ3n) is 2.28. The summed E-state index contributed by atoms with van der Waals surface area (Å²) in [5, 5.41) is 2.63. The molecular weight excluding hydrogens is 214 g/mol. The van der Waals surface area contributed by atoms with Crippen molar-refractivity contribution >= 4 is 16.9 Å². The minimum Gasteiger partial charge on any atom is -0.337 e. The van der Waals surface area contributed by atoms with Crippen molar-refractivity contribution in [3.8, 4) is 12.3 Å². The van der Waals surface area contributed by atoms with Crippen LogP contribution in [0.15, 0.2) is 30.5 Å². The van der Waals surface area contributed by atoms with Crippen LogP contribution in [0.25, 0.3) is 11.0 Å². The van der Waals surface area contributed by atoms with E-state index in [0.717, 1.165) is 5.52 Å². The van der Waals surface area contributed by atoms with Gasteiger partial charge in [-0.3, -0.25) is 9.78 Å². The van der Waals surface area contributed by atoms with Crippen molar-refractivity contribution in [2.24, 2.45) is 0 Å². The van der Waals surface area contributed by atoms with Crippen molar-refractivity contribution < 1.29 is 4.79 Å². The number of fused-ring (bicyclic) bond motifs is 1. The predicted octanol–water partition coefficient (Wildman–Crippen LogP) is 1.38. The summed E-state index contributed by atoms with van der Waals surface area (Å²) in [4.78, 5) is 20.1. The number of para-hydroxylation sites is 2. The lowest BCUT2D eigenvalue weighted by Gasteiger charge is -2.07. The lowest BCUT2D eigenvalue weighted by Crippen LogP contribution is -2.32. The summed E-state index contributed by atoms with van der Waals surface area (Å²) in [7, 11) is 0. The Morgan fingerprint density at radius 1 is 1.41 bits per heavy atom. The molecule has 1 N–H and O–H groups in total. The van der Waals surface area contributed by atoms with E-state index < -0.39 is 0 Å². The molecule has 1 atom stereocenters. The number of amides is 1. The van der Waals surface area contributed by atoms with Gasteiger partial charge >= 0.3 is 0 Å². The number of carbonyl (C=O) groups is 1. The van der Waals surface area contributed by atoms with Gasteiger partial charge < -0.3 is 5.32 Å². The van der Waals surface area contributed by atoms with Crippen molar-refractivity contribution in [1.29, 1.82) is 0 Å². The highest BCUT2D eigenvalue weighted by Crippen LogP contribution is 2.08. The first kappa shape index (κ1) is 11.1. The molecule has 0 bridgehead atoms. The number of carbonyl (C=O) groups excluding carboxylic acids is 1. The van der Waals surface area contributed by atoms with Gasteiger partial charge in [-0.2, -0.15) is 0 Å². The van der Waals surface area contributed by atoms with E-state index in [1.807, 2.05) is 24.3 Å². The predicted molar refractivity (Wildman–Crippen MR) is 65.3 cm³/mol. The Balaban J connectivity index is 2.31. The van der Waals surface area contributed by atoms with E-state index in [-0.39, 0.29) is 17.6 Å². The van der Waals surface area contributed by atoms with Gasteiger partial charge in [0, 0.05) is 0 Å². The highest BCUT2D eigenvalue weighted by atomic mass is 16.1. The molecule has 4 heteroatoms. The fourth-order valence-electron chi connectivity index (χ4n) is 1.38. The summed E-state index contributed by atoms with van der Waals surface area (Å²) >= 11 is 0. The fraction of sp³-hybridized carbons (Fsp3) is 0.154. The molecule has 0 saturated heterocycles. The number of terminal acetylenes is 1. The van der Waals surface area contributed by atoms with Crippen LogP contribution in [-0.2, 0) is 0 Å². The van der Waals surface area contributed by atoms with Crippen molar-refractivity contribution in [2.45, 2.75) is 13.0 Å². The molecule has 2 rings (SSSR count). The third kappa shape index (κ3) is 2.40. The highest BCUT2D eigenvalue weighted by molar-refractivity contribution is 5.94. The SMILES string of the molecule is C#CC(C)NC(=O)c1cnc2ccccc2n1. The maximum atomic E-state index is 11.7. The molecule has 17 heavy (non-hydrogen) atoms. The zero-order chi connectivity index (χ0) is 12.3. The molecule has 1 heterocycles. The van der Waals surface area contributed by atoms with E-state index in [2.05, 4.69) is 21.2 Å². The van der Waals surface area contributed by atoms with E-state index in [1.165, 1.54) is 6.20 Å². The Morgan fingerprint density at radius 3 is 2.82 bits per heavy atom. The molecule has 0 radical (unpaired) electrons. The van der Waals surface area contributed by atoms with E-state index in [1.54, 1.807) is 6.92 Å². The number of nitrogens with one attached hydrogen (secondary N) is 1. The summed E-state index contributed by atoms with van der Waals surface area (Å²) in [5.74, 6) is 2.11. The van der Waals surface area contributed by atoms with Crippen LogP contribution in [0.3, 0.4) is 0 Å². The average molecular weight is 225 g/mol. The largest absolute Gasteiger partial charge is 0.337 e. The number of hydrogen-bond donors (Lipinski definition) is 1. The first-order chi connectivity index (χ1) is 8.20. The smallest absolute Gasteiger partial charge is 0.272 e. The number of rotatable bonds is 2. The Hall–Kier alpha value is -2.41. The van der Waals surface area contributed by atoms with Crippen LogP contribution in [0, 0.1) is 12.3 Å². The van der Waals surface area contributed by atoms with Crippen molar-refractivity contribution in [2.75, 3.05) is 0 Å². The number of aromatic nitrogens is 2. The van der Waals surface area contributed by atoms with Crippen molar-refractivity contribution in [3.63, 3.8) is 0 Å². The summed E-state index contributed by atoms with van der Waals surface area (Å²) in [6.07, 6.45) is 6.63. The summed E-state index contributed by atoms with van der Waals surface area (Å²) < 4.78 is 0. The van der Waals surface area contributed by atoms with Crippen molar-refractivity contribution in [1.82, 2.24) is 15.3 Å². The lowest BCUT2D eigenvalue weighted by atomic mass is 10.3. The van der Waals surface area contributed by atoms with Crippen LogP contribution in [0.2, 0.25) is 0 Å². The summed E-state index contributed by atoms with van der Waals surface area (Å²) in [6.45, 7) is 1.73. The van der Waals surface area contributed by atoms with Crippen LogP contribution in [0.5, 0.6) is 0 Å². The molecule has 4 nitrogen and oxygen atoms in total. The molecule has 84 valence electrons. The van der Waals surface area contributed by atoms with E-state index in [0.29, 0.717) is 5.52 Å². The second kappa shape index (κ2) is 4.62. The van der Waals surface area contributed by atoms with Gasteiger partial charge in [0.25, 0.3) is 5.91 Å². The maximum absolute atomic E-state index is 11.7. The van der Waals surface area contributed by atoms with E-state index >= 15 is 0 Å². The highest BCUT2D eigenvalue weighted by Gasteiger charge is 2.10. The third-order valence-corrected chi connectivity index (χ3v) is 2.28. The molecule has 0 fully saturated rings. The van der Waals surface area contributed by atoms with Crippen LogP contribution >= 0.6 is 0 Å². The first-order valence-corrected chi connectivity index (χ1v) is 5.19. The number of benzene rings is 1. The van der Waals surface area contributed by atoms with Crippen LogP contribution in [0.4, 0.5) is 0 Å². The quantitative estimate of drug-likeness (QED) is 0.785. The van der Waals surface area contributed by atoms with Gasteiger partial charge in [-0.25, -0.2) is 4.98 Å². The minimum atomic E-state index is -0.323. The second-order valence-electron chi connectivity index (χ2n) is 3.61. The first-order valence-electron chi connectivity index (χ1n) is 5.19. The van der Waals surface area contributed by atoms with E-state index in [9.17, 15) is 4.79 Å². The molecule has 0 aliphatic rings. The topological polar surface area (TPSA) is 54.9 Å². The van der Waals surface area contributed by atoms with Crippen molar-refractivity contribution in [3.05, 3.63) is 36.2 Å². The molecule has 0 aliphatic heterocycles. The van der Waals surface area contributed by atoms with E-state index in [4.69, 9.17) is 6.42 Å². The molecule has 0 spiro atoms. The molecule has 1 aromatic heterocycles. The van der Waals surface area contributed by atoms with Gasteiger partial charge in [0.2, 0.25) is 0 Å². The molecular formula is C13H11N3O. The minimum absolute atomic E-state index is 0.269. The van der Waals surface area contributed by atoms with Gasteiger partial charge in [0.05, 0.1) is 23.3 Å². The van der Waals surface area contributed by atoms with Crippen LogP contribution < -0.4 is 5.32 Å². The van der Waals surface area contributed by atoms with Gasteiger partial charge in [-0.05, 0) is 19.1 Å². The number of nitrogens with zero attached hydrogens (tertiary/aromatic N) is 2. The molecule has 1 unspecified atom stereocenters. The van der Waals surface area contributed by atoms with Gasteiger partial charge in [-0.1, -0.05) is 18.1 Å². The average Bonchev–Trinajstić information content (AvgIpc) is 2.38. The zero-order valence-electron chi connectivity index (χ0n) is 9.34. The number of hydrogen-bond acceptors (Lipinski definition) is 3. The monoisotopic (exact) mass is 225 g/mol. The van der Waals surface area contributed by atoms with Gasteiger partial charge in [0.1, 0.15) is 5.69 Å². The summed E-state index contributed by atoms with van der Waals surface area (Å²) in [6, 6.07) is 7.05. The zero-order valence-corrected chi connectivity index (χ0v) is 9.34. The molecule has 0 aliphatic carbocycles. The van der Waals surface area contributed by atoms with Gasteiger partial charge in [-0.15, -0.1) is 6.42 Å². The Labute approximate surface area is 99.1 Å². The van der Waals surface area contributed by atoms with Crippen LogP contribution in [-0.4, -0.2) is 21.9 Å². The lowest BCUT2D eigenvalue weighted by molar-refractivity contribution is 0.0943. The standard InChI is InChI=1S/C13H11N3O/c1-3-9(2)15-13(17)12-8-14-10-6-4-5-7-11(10)16-12/h1,4-9H,2H3,(H,15,17). The fourth-order valence-corrected chi connectivity index (χ4v) is 1.38. The molecule has 1 aromatic carbocycles. The van der Waals surface area contributed by atoms with Gasteiger partial charge in [0.15, 0.2) is 0 Å². The Morgan fingerprint density at radius 2 is 2.12 bits per heavy atom. The van der Waals surface area contributed by atoms with Crippen LogP contribution in [0.1, 0.15) is 17.4 Å². The summed E-state index contributed by atoms with van der Waals surface area (Å²) in [5.41, 5.74) is 1.72.